The van der Waals surface area contributed by atoms with E-state index in [-0.39, 0.29) is 24.4 Å². The lowest BCUT2D eigenvalue weighted by Crippen LogP contribution is -2.36. The molecule has 0 unspecified atom stereocenters. The summed E-state index contributed by atoms with van der Waals surface area (Å²) in [7, 11) is -3.21. The van der Waals surface area contributed by atoms with Crippen molar-refractivity contribution in [2.45, 2.75) is 38.0 Å². The number of rotatable bonds is 4. The van der Waals surface area contributed by atoms with Crippen LogP contribution in [0.1, 0.15) is 24.0 Å². The maximum atomic E-state index is 12.4. The van der Waals surface area contributed by atoms with Crippen molar-refractivity contribution in [1.29, 1.82) is 0 Å². The molecule has 25 heavy (non-hydrogen) atoms. The summed E-state index contributed by atoms with van der Waals surface area (Å²) in [6.45, 7) is 1.19. The summed E-state index contributed by atoms with van der Waals surface area (Å²) >= 11 is 0. The highest BCUT2D eigenvalue weighted by Crippen LogP contribution is 2.28. The molecule has 7 nitrogen and oxygen atoms in total. The Hall–Kier alpha value is -1.19. The van der Waals surface area contributed by atoms with Gasteiger partial charge in [0.05, 0.1) is 12.4 Å². The van der Waals surface area contributed by atoms with E-state index in [1.165, 1.54) is 10.6 Å². The number of fused-ring (bicyclic) bond motifs is 1. The molecule has 2 aliphatic heterocycles. The van der Waals surface area contributed by atoms with Crippen LogP contribution in [0.2, 0.25) is 0 Å². The van der Waals surface area contributed by atoms with E-state index in [4.69, 9.17) is 10.5 Å². The molecule has 3 rings (SSSR count). The fraction of sp³-hybridized carbons (Fsp3) is 0.562. The Morgan fingerprint density at radius 2 is 2.16 bits per heavy atom. The molecule has 0 radical (unpaired) electrons. The maximum Gasteiger partial charge on any atom is 0.253 e. The number of sulfonamides is 1. The van der Waals surface area contributed by atoms with Gasteiger partial charge in [0, 0.05) is 25.3 Å². The van der Waals surface area contributed by atoms with Gasteiger partial charge in [-0.15, -0.1) is 12.4 Å². The van der Waals surface area contributed by atoms with Gasteiger partial charge in [-0.2, -0.15) is 4.31 Å². The Morgan fingerprint density at radius 3 is 2.80 bits per heavy atom. The first-order valence-corrected chi connectivity index (χ1v) is 9.95. The van der Waals surface area contributed by atoms with Gasteiger partial charge in [-0.1, -0.05) is 12.1 Å². The standard InChI is InChI=1S/C16H23N3O4S.ClH/c1-24(21,22)19-8-7-13-11(10-19)3-2-4-14(13)18-16(20)15-6-5-12(9-17)23-15;/h2-4,12,15H,5-10,17H2,1H3,(H,18,20);1H/t12-,15+;/m1./s1. The number of nitrogens with two attached hydrogens (primary N) is 1. The predicted molar refractivity (Wildman–Crippen MR) is 98.2 cm³/mol. The lowest BCUT2D eigenvalue weighted by Gasteiger charge is -2.28. The van der Waals surface area contributed by atoms with Crippen LogP contribution >= 0.6 is 12.4 Å². The fourth-order valence-corrected chi connectivity index (χ4v) is 4.07. The molecule has 140 valence electrons. The van der Waals surface area contributed by atoms with E-state index in [2.05, 4.69) is 5.32 Å². The van der Waals surface area contributed by atoms with Crippen molar-refractivity contribution in [3.05, 3.63) is 29.3 Å². The van der Waals surface area contributed by atoms with Crippen LogP contribution in [0.25, 0.3) is 0 Å². The van der Waals surface area contributed by atoms with Crippen LogP contribution in [0.3, 0.4) is 0 Å². The molecule has 1 saturated heterocycles. The second-order valence-corrected chi connectivity index (χ2v) is 8.32. The van der Waals surface area contributed by atoms with Gasteiger partial charge in [-0.05, 0) is 36.5 Å². The molecule has 0 saturated carbocycles. The number of nitrogens with one attached hydrogen (secondary N) is 1. The zero-order chi connectivity index (χ0) is 17.3. The van der Waals surface area contributed by atoms with Gasteiger partial charge < -0.3 is 15.8 Å². The molecule has 0 aromatic heterocycles. The Balaban J connectivity index is 0.00000225. The van der Waals surface area contributed by atoms with Crippen molar-refractivity contribution in [2.75, 3.05) is 24.7 Å². The molecule has 3 N–H and O–H groups in total. The van der Waals surface area contributed by atoms with Crippen molar-refractivity contribution in [2.24, 2.45) is 5.73 Å². The van der Waals surface area contributed by atoms with Crippen LogP contribution in [0.4, 0.5) is 5.69 Å². The molecular formula is C16H24ClN3O4S. The number of anilines is 1. The number of hydrogen-bond acceptors (Lipinski definition) is 5. The summed E-state index contributed by atoms with van der Waals surface area (Å²) in [5, 5.41) is 2.94. The highest BCUT2D eigenvalue weighted by atomic mass is 35.5. The molecular weight excluding hydrogens is 366 g/mol. The second kappa shape index (κ2) is 8.01. The first-order chi connectivity index (χ1) is 11.4. The van der Waals surface area contributed by atoms with Gasteiger partial charge in [-0.3, -0.25) is 4.79 Å². The van der Waals surface area contributed by atoms with Crippen molar-refractivity contribution in [1.82, 2.24) is 4.31 Å². The second-order valence-electron chi connectivity index (χ2n) is 6.34. The van der Waals surface area contributed by atoms with E-state index < -0.39 is 16.1 Å². The molecule has 1 aromatic rings. The number of benzene rings is 1. The molecule has 9 heteroatoms. The lowest BCUT2D eigenvalue weighted by atomic mass is 9.99. The Morgan fingerprint density at radius 1 is 1.40 bits per heavy atom. The Bertz CT molecular complexity index is 741. The van der Waals surface area contributed by atoms with Crippen LogP contribution in [-0.2, 0) is 32.5 Å². The monoisotopic (exact) mass is 389 g/mol. The van der Waals surface area contributed by atoms with E-state index in [0.717, 1.165) is 23.2 Å². The van der Waals surface area contributed by atoms with Crippen LogP contribution < -0.4 is 11.1 Å². The van der Waals surface area contributed by atoms with Gasteiger partial charge in [0.15, 0.2) is 0 Å². The molecule has 2 atom stereocenters. The van der Waals surface area contributed by atoms with Crippen molar-refractivity contribution >= 4 is 34.0 Å². The highest BCUT2D eigenvalue weighted by molar-refractivity contribution is 7.88. The van der Waals surface area contributed by atoms with Gasteiger partial charge in [0.25, 0.3) is 5.91 Å². The summed E-state index contributed by atoms with van der Waals surface area (Å²) < 4.78 is 30.5. The van der Waals surface area contributed by atoms with Gasteiger partial charge in [0.1, 0.15) is 6.10 Å². The van der Waals surface area contributed by atoms with Crippen molar-refractivity contribution < 1.29 is 17.9 Å². The molecule has 1 fully saturated rings. The third kappa shape index (κ3) is 4.51. The smallest absolute Gasteiger partial charge is 0.253 e. The number of carbonyl (C=O) groups excluding carboxylic acids is 1. The van der Waals surface area contributed by atoms with Crippen LogP contribution in [-0.4, -0.2) is 50.2 Å². The minimum Gasteiger partial charge on any atom is -0.364 e. The summed E-state index contributed by atoms with van der Waals surface area (Å²) in [5.74, 6) is -0.162. The number of hydrogen-bond donors (Lipinski definition) is 2. The van der Waals surface area contributed by atoms with E-state index in [1.54, 1.807) is 0 Å². The number of halogens is 1. The van der Waals surface area contributed by atoms with Gasteiger partial charge in [0.2, 0.25) is 10.0 Å². The molecule has 2 aliphatic rings. The molecule has 1 amide bonds. The molecule has 0 aliphatic carbocycles. The third-order valence-electron chi connectivity index (χ3n) is 4.62. The first-order valence-electron chi connectivity index (χ1n) is 8.10. The Labute approximate surface area is 154 Å². The lowest BCUT2D eigenvalue weighted by molar-refractivity contribution is -0.126. The number of ether oxygens (including phenoxy) is 1. The van der Waals surface area contributed by atoms with Gasteiger partial charge in [-0.25, -0.2) is 8.42 Å². The summed E-state index contributed by atoms with van der Waals surface area (Å²) in [6, 6.07) is 5.58. The minimum atomic E-state index is -3.21. The summed E-state index contributed by atoms with van der Waals surface area (Å²) in [5.41, 5.74) is 8.25. The van der Waals surface area contributed by atoms with E-state index in [1.807, 2.05) is 18.2 Å². The van der Waals surface area contributed by atoms with Crippen molar-refractivity contribution in [3.8, 4) is 0 Å². The fourth-order valence-electron chi connectivity index (χ4n) is 3.27. The largest absolute Gasteiger partial charge is 0.364 e. The normalized spacial score (nSPS) is 23.6. The quantitative estimate of drug-likeness (QED) is 0.795. The maximum absolute atomic E-state index is 12.4. The molecule has 0 bridgehead atoms. The van der Waals surface area contributed by atoms with Crippen LogP contribution in [0.15, 0.2) is 18.2 Å². The minimum absolute atomic E-state index is 0. The summed E-state index contributed by atoms with van der Waals surface area (Å²) in [4.78, 5) is 12.4. The third-order valence-corrected chi connectivity index (χ3v) is 5.87. The zero-order valence-electron chi connectivity index (χ0n) is 14.1. The van der Waals surface area contributed by atoms with Crippen LogP contribution in [0.5, 0.6) is 0 Å². The average Bonchev–Trinajstić information content (AvgIpc) is 3.03. The van der Waals surface area contributed by atoms with E-state index in [9.17, 15) is 13.2 Å². The molecule has 0 spiro atoms. The summed E-state index contributed by atoms with van der Waals surface area (Å²) in [6.07, 6.45) is 2.75. The topological polar surface area (TPSA) is 102 Å². The highest BCUT2D eigenvalue weighted by Gasteiger charge is 2.31. The molecule has 2 heterocycles. The van der Waals surface area contributed by atoms with Crippen molar-refractivity contribution in [3.63, 3.8) is 0 Å². The Kier molecular flexibility index (Phi) is 6.45. The van der Waals surface area contributed by atoms with E-state index >= 15 is 0 Å². The average molecular weight is 390 g/mol. The number of carbonyl (C=O) groups is 1. The predicted octanol–water partition coefficient (Wildman–Crippen LogP) is 0.871. The zero-order valence-corrected chi connectivity index (χ0v) is 15.7. The SMILES string of the molecule is CS(=O)(=O)N1CCc2c(cccc2NC(=O)[C@@H]2CC[C@H](CN)O2)C1.Cl. The number of amides is 1. The first kappa shape index (κ1) is 20.1. The van der Waals surface area contributed by atoms with Crippen LogP contribution in [0, 0.1) is 0 Å². The van der Waals surface area contributed by atoms with Gasteiger partial charge >= 0.3 is 0 Å². The molecule has 1 aromatic carbocycles. The van der Waals surface area contributed by atoms with E-state index in [0.29, 0.717) is 32.5 Å². The number of nitrogens with zero attached hydrogens (tertiary/aromatic N) is 1.